The molecule has 2 fully saturated rings. The zero-order valence-corrected chi connectivity index (χ0v) is 14.4. The Morgan fingerprint density at radius 1 is 1.17 bits per heavy atom. The van der Waals surface area contributed by atoms with Crippen LogP contribution in [0.4, 0.5) is 0 Å². The Labute approximate surface area is 142 Å². The second kappa shape index (κ2) is 6.67. The van der Waals surface area contributed by atoms with Crippen molar-refractivity contribution in [3.8, 4) is 0 Å². The molecular weight excluding hydrogens is 304 g/mol. The summed E-state index contributed by atoms with van der Waals surface area (Å²) in [7, 11) is 1.73. The summed E-state index contributed by atoms with van der Waals surface area (Å²) in [6.07, 6.45) is 10.7. The third kappa shape index (κ3) is 2.88. The van der Waals surface area contributed by atoms with Crippen molar-refractivity contribution in [2.75, 3.05) is 13.7 Å². The quantitative estimate of drug-likeness (QED) is 0.799. The van der Waals surface area contributed by atoms with E-state index in [1.54, 1.807) is 7.11 Å². The first-order chi connectivity index (χ1) is 11.8. The molecule has 0 aromatic carbocycles. The topological polar surface area (TPSA) is 60.3 Å². The average Bonchev–Trinajstić information content (AvgIpc) is 3.30. The van der Waals surface area contributed by atoms with Crippen LogP contribution in [-0.4, -0.2) is 45.3 Å². The summed E-state index contributed by atoms with van der Waals surface area (Å²) >= 11 is 0. The molecule has 0 spiro atoms. The molecule has 1 saturated carbocycles. The molecule has 4 rings (SSSR count). The lowest BCUT2D eigenvalue weighted by atomic mass is 9.94. The third-order valence-corrected chi connectivity index (χ3v) is 5.64. The number of hydrogen-bond acceptors (Lipinski definition) is 4. The predicted molar refractivity (Wildman–Crippen MR) is 89.4 cm³/mol. The molecule has 1 aromatic rings. The van der Waals surface area contributed by atoms with Crippen LogP contribution < -0.4 is 0 Å². The summed E-state index contributed by atoms with van der Waals surface area (Å²) in [6.45, 7) is 1.61. The van der Waals surface area contributed by atoms with E-state index in [-0.39, 0.29) is 18.1 Å². The van der Waals surface area contributed by atoms with E-state index in [0.717, 1.165) is 50.3 Å². The van der Waals surface area contributed by atoms with Gasteiger partial charge in [-0.1, -0.05) is 12.0 Å². The summed E-state index contributed by atoms with van der Waals surface area (Å²) < 4.78 is 7.76. The zero-order valence-electron chi connectivity index (χ0n) is 14.4. The Morgan fingerprint density at radius 3 is 2.79 bits per heavy atom. The largest absolute Gasteiger partial charge is 0.380 e. The van der Waals surface area contributed by atoms with Crippen LogP contribution in [0, 0.1) is 0 Å². The second-order valence-electron chi connectivity index (χ2n) is 7.19. The van der Waals surface area contributed by atoms with Gasteiger partial charge in [0, 0.05) is 39.1 Å². The number of carbonyl (C=O) groups excluding carboxylic acids is 1. The van der Waals surface area contributed by atoms with E-state index in [1.807, 2.05) is 11.0 Å². The highest BCUT2D eigenvalue weighted by atomic mass is 16.5. The maximum Gasteiger partial charge on any atom is 0.247 e. The van der Waals surface area contributed by atoms with E-state index in [1.165, 1.54) is 24.8 Å². The van der Waals surface area contributed by atoms with Crippen molar-refractivity contribution in [1.82, 2.24) is 19.7 Å². The van der Waals surface area contributed by atoms with Crippen LogP contribution in [0.3, 0.4) is 0 Å². The van der Waals surface area contributed by atoms with Crippen molar-refractivity contribution in [3.63, 3.8) is 0 Å². The van der Waals surface area contributed by atoms with Crippen LogP contribution in [0.5, 0.6) is 0 Å². The summed E-state index contributed by atoms with van der Waals surface area (Å²) in [5.74, 6) is 2.12. The van der Waals surface area contributed by atoms with Crippen molar-refractivity contribution in [2.45, 2.75) is 70.1 Å². The number of amides is 1. The zero-order chi connectivity index (χ0) is 16.5. The molecule has 3 aliphatic rings. The summed E-state index contributed by atoms with van der Waals surface area (Å²) in [6, 6.07) is -0.0118. The van der Waals surface area contributed by atoms with Gasteiger partial charge in [-0.3, -0.25) is 4.79 Å². The second-order valence-corrected chi connectivity index (χ2v) is 7.19. The SMILES string of the molecule is CO[C@@H]1C[C@@H](c2nnc3n2CCC3)N(C(=O)C=C2CCCCC2)C1. The number of nitrogens with zero attached hydrogens (tertiary/aromatic N) is 4. The number of aromatic nitrogens is 3. The molecule has 24 heavy (non-hydrogen) atoms. The molecule has 0 unspecified atom stereocenters. The Bertz CT molecular complexity index is 643. The number of likely N-dealkylation sites (tertiary alicyclic amines) is 1. The molecule has 0 N–H and O–H groups in total. The summed E-state index contributed by atoms with van der Waals surface area (Å²) in [5, 5.41) is 8.73. The summed E-state index contributed by atoms with van der Waals surface area (Å²) in [4.78, 5) is 14.9. The van der Waals surface area contributed by atoms with Gasteiger partial charge in [0.1, 0.15) is 5.82 Å². The molecule has 6 heteroatoms. The minimum absolute atomic E-state index is 0.0118. The number of allylic oxidation sites excluding steroid dienone is 1. The smallest absolute Gasteiger partial charge is 0.247 e. The molecule has 2 aliphatic heterocycles. The highest BCUT2D eigenvalue weighted by Gasteiger charge is 2.39. The summed E-state index contributed by atoms with van der Waals surface area (Å²) in [5.41, 5.74) is 1.30. The van der Waals surface area contributed by atoms with Crippen molar-refractivity contribution < 1.29 is 9.53 Å². The van der Waals surface area contributed by atoms with Gasteiger partial charge in [-0.15, -0.1) is 10.2 Å². The van der Waals surface area contributed by atoms with Crippen molar-refractivity contribution in [2.24, 2.45) is 0 Å². The minimum Gasteiger partial charge on any atom is -0.380 e. The van der Waals surface area contributed by atoms with Gasteiger partial charge in [-0.05, 0) is 32.1 Å². The number of fused-ring (bicyclic) bond motifs is 1. The maximum atomic E-state index is 12.9. The van der Waals surface area contributed by atoms with Gasteiger partial charge < -0.3 is 14.2 Å². The number of carbonyl (C=O) groups is 1. The highest BCUT2D eigenvalue weighted by Crippen LogP contribution is 2.35. The van der Waals surface area contributed by atoms with E-state index in [2.05, 4.69) is 14.8 Å². The molecule has 130 valence electrons. The Balaban J connectivity index is 1.58. The van der Waals surface area contributed by atoms with Gasteiger partial charge in [0.25, 0.3) is 0 Å². The number of aryl methyl sites for hydroxylation is 1. The van der Waals surface area contributed by atoms with E-state index in [9.17, 15) is 4.79 Å². The van der Waals surface area contributed by atoms with E-state index in [4.69, 9.17) is 4.74 Å². The van der Waals surface area contributed by atoms with E-state index < -0.39 is 0 Å². The van der Waals surface area contributed by atoms with Gasteiger partial charge >= 0.3 is 0 Å². The first kappa shape index (κ1) is 15.8. The van der Waals surface area contributed by atoms with Crippen LogP contribution in [0.2, 0.25) is 0 Å². The first-order valence-electron chi connectivity index (χ1n) is 9.21. The Hall–Kier alpha value is -1.69. The van der Waals surface area contributed by atoms with Crippen LogP contribution in [0.1, 0.15) is 62.6 Å². The van der Waals surface area contributed by atoms with Gasteiger partial charge in [0.05, 0.1) is 12.1 Å². The fraction of sp³-hybridized carbons (Fsp3) is 0.722. The van der Waals surface area contributed by atoms with Crippen LogP contribution in [0.15, 0.2) is 11.6 Å². The lowest BCUT2D eigenvalue weighted by Crippen LogP contribution is -2.32. The molecule has 1 amide bonds. The van der Waals surface area contributed by atoms with E-state index in [0.29, 0.717) is 6.54 Å². The van der Waals surface area contributed by atoms with Gasteiger partial charge in [0.15, 0.2) is 5.82 Å². The van der Waals surface area contributed by atoms with Crippen molar-refractivity contribution in [3.05, 3.63) is 23.3 Å². The Morgan fingerprint density at radius 2 is 2.00 bits per heavy atom. The van der Waals surface area contributed by atoms with Crippen molar-refractivity contribution in [1.29, 1.82) is 0 Å². The molecule has 6 nitrogen and oxygen atoms in total. The molecule has 1 aliphatic carbocycles. The fourth-order valence-corrected chi connectivity index (χ4v) is 4.28. The van der Waals surface area contributed by atoms with Crippen LogP contribution >= 0.6 is 0 Å². The average molecular weight is 330 g/mol. The maximum absolute atomic E-state index is 12.9. The number of ether oxygens (including phenoxy) is 1. The fourth-order valence-electron chi connectivity index (χ4n) is 4.28. The lowest BCUT2D eigenvalue weighted by molar-refractivity contribution is -0.127. The van der Waals surface area contributed by atoms with Gasteiger partial charge in [0.2, 0.25) is 5.91 Å². The highest BCUT2D eigenvalue weighted by molar-refractivity contribution is 5.89. The molecule has 0 radical (unpaired) electrons. The first-order valence-corrected chi connectivity index (χ1v) is 9.21. The number of methoxy groups -OCH3 is 1. The standard InChI is InChI=1S/C18H26N4O2/c1-24-14-11-15(18-20-19-16-8-5-9-21(16)18)22(12-14)17(23)10-13-6-3-2-4-7-13/h10,14-15H,2-9,11-12H2,1H3/t14-,15+/m1/s1. The van der Waals surface area contributed by atoms with Crippen LogP contribution in [0.25, 0.3) is 0 Å². The number of rotatable bonds is 3. The molecule has 0 bridgehead atoms. The van der Waals surface area contributed by atoms with Crippen LogP contribution in [-0.2, 0) is 22.5 Å². The Kier molecular flexibility index (Phi) is 4.39. The molecule has 3 heterocycles. The van der Waals surface area contributed by atoms with Gasteiger partial charge in [-0.2, -0.15) is 0 Å². The normalized spacial score (nSPS) is 26.7. The third-order valence-electron chi connectivity index (χ3n) is 5.64. The molecule has 1 aromatic heterocycles. The molecule has 2 atom stereocenters. The molecular formula is C18H26N4O2. The monoisotopic (exact) mass is 330 g/mol. The van der Waals surface area contributed by atoms with Crippen molar-refractivity contribution >= 4 is 5.91 Å². The minimum atomic E-state index is -0.0118. The predicted octanol–water partition coefficient (Wildman–Crippen LogP) is 2.40. The lowest BCUT2D eigenvalue weighted by Gasteiger charge is -2.23. The van der Waals surface area contributed by atoms with E-state index >= 15 is 0 Å². The number of hydrogen-bond donors (Lipinski definition) is 0. The molecule has 1 saturated heterocycles. The van der Waals surface area contributed by atoms with Gasteiger partial charge in [-0.25, -0.2) is 0 Å².